The Balaban J connectivity index is 3.32. The van der Waals surface area contributed by atoms with Gasteiger partial charge in [-0.1, -0.05) is 49.8 Å². The van der Waals surface area contributed by atoms with Crippen LogP contribution in [0.1, 0.15) is 39.6 Å². The van der Waals surface area contributed by atoms with E-state index >= 15 is 0 Å². The van der Waals surface area contributed by atoms with Crippen LogP contribution in [0, 0.1) is 5.92 Å². The van der Waals surface area contributed by atoms with Crippen molar-refractivity contribution in [1.29, 1.82) is 0 Å². The fraction of sp³-hybridized carbons (Fsp3) is 0.353. The third-order valence-electron chi connectivity index (χ3n) is 2.50. The lowest BCUT2D eigenvalue weighted by molar-refractivity contribution is 0.833. The van der Waals surface area contributed by atoms with E-state index in [2.05, 4.69) is 57.5 Å². The number of aromatic nitrogens is 1. The number of rotatable bonds is 5. The number of nitrogens with zero attached hydrogens (tertiary/aromatic N) is 1. The van der Waals surface area contributed by atoms with E-state index in [0.717, 1.165) is 10.6 Å². The first kappa shape index (κ1) is 15.6. The molecule has 1 aromatic heterocycles. The SMILES string of the molecule is C=C(C)C(=C\C=C(C)C)/C(=C\C(C)C)c1nccs1. The van der Waals surface area contributed by atoms with Crippen LogP contribution in [0.4, 0.5) is 0 Å². The number of thiazole rings is 1. The van der Waals surface area contributed by atoms with Crippen molar-refractivity contribution in [2.24, 2.45) is 5.92 Å². The Morgan fingerprint density at radius 2 is 1.95 bits per heavy atom. The first-order chi connectivity index (χ1) is 8.91. The van der Waals surface area contributed by atoms with Gasteiger partial charge in [-0.15, -0.1) is 11.3 Å². The van der Waals surface area contributed by atoms with Crippen LogP contribution in [-0.2, 0) is 0 Å². The van der Waals surface area contributed by atoms with Gasteiger partial charge in [0, 0.05) is 17.2 Å². The predicted octanol–water partition coefficient (Wildman–Crippen LogP) is 5.65. The Bertz CT molecular complexity index is 509. The fourth-order valence-electron chi connectivity index (χ4n) is 1.68. The second-order valence-corrected chi connectivity index (χ2v) is 6.16. The molecular formula is C17H23NS. The minimum absolute atomic E-state index is 0.480. The molecule has 2 heteroatoms. The molecule has 19 heavy (non-hydrogen) atoms. The van der Waals surface area contributed by atoms with Gasteiger partial charge in [0.1, 0.15) is 5.01 Å². The molecule has 1 nitrogen and oxygen atoms in total. The third kappa shape index (κ3) is 4.99. The Labute approximate surface area is 121 Å². The molecule has 0 amide bonds. The Morgan fingerprint density at radius 1 is 1.26 bits per heavy atom. The maximum atomic E-state index is 4.45. The molecule has 0 aliphatic heterocycles. The molecule has 0 fully saturated rings. The number of hydrogen-bond donors (Lipinski definition) is 0. The summed E-state index contributed by atoms with van der Waals surface area (Å²) in [5.41, 5.74) is 4.71. The van der Waals surface area contributed by atoms with Crippen molar-refractivity contribution in [3.05, 3.63) is 58.1 Å². The molecule has 1 rings (SSSR count). The molecule has 0 saturated heterocycles. The summed E-state index contributed by atoms with van der Waals surface area (Å²) in [6.45, 7) is 14.7. The summed E-state index contributed by atoms with van der Waals surface area (Å²) in [5, 5.41) is 3.07. The number of hydrogen-bond acceptors (Lipinski definition) is 2. The van der Waals surface area contributed by atoms with Gasteiger partial charge in [-0.3, -0.25) is 0 Å². The summed E-state index contributed by atoms with van der Waals surface area (Å²) in [4.78, 5) is 4.45. The van der Waals surface area contributed by atoms with E-state index in [9.17, 15) is 0 Å². The topological polar surface area (TPSA) is 12.9 Å². The molecular weight excluding hydrogens is 250 g/mol. The Hall–Kier alpha value is -1.41. The van der Waals surface area contributed by atoms with Crippen molar-refractivity contribution >= 4 is 16.9 Å². The van der Waals surface area contributed by atoms with Crippen LogP contribution in [0.2, 0.25) is 0 Å². The molecule has 0 aliphatic rings. The Kier molecular flexibility index (Phi) is 5.97. The highest BCUT2D eigenvalue weighted by Gasteiger charge is 2.11. The summed E-state index contributed by atoms with van der Waals surface area (Å²) >= 11 is 1.67. The van der Waals surface area contributed by atoms with E-state index in [1.807, 2.05) is 18.5 Å². The summed E-state index contributed by atoms with van der Waals surface area (Å²) in [7, 11) is 0. The van der Waals surface area contributed by atoms with Gasteiger partial charge < -0.3 is 0 Å². The van der Waals surface area contributed by atoms with E-state index in [0.29, 0.717) is 5.92 Å². The average molecular weight is 273 g/mol. The zero-order chi connectivity index (χ0) is 14.4. The smallest absolute Gasteiger partial charge is 0.123 e. The molecule has 0 unspecified atom stereocenters. The molecule has 0 bridgehead atoms. The summed E-state index contributed by atoms with van der Waals surface area (Å²) in [6.07, 6.45) is 8.39. The van der Waals surface area contributed by atoms with Crippen molar-refractivity contribution in [3.63, 3.8) is 0 Å². The van der Waals surface area contributed by atoms with Gasteiger partial charge >= 0.3 is 0 Å². The quantitative estimate of drug-likeness (QED) is 0.632. The maximum Gasteiger partial charge on any atom is 0.123 e. The average Bonchev–Trinajstić information content (AvgIpc) is 2.79. The molecule has 1 heterocycles. The maximum absolute atomic E-state index is 4.45. The van der Waals surface area contributed by atoms with Crippen LogP contribution in [0.5, 0.6) is 0 Å². The minimum atomic E-state index is 0.480. The third-order valence-corrected chi connectivity index (χ3v) is 3.30. The summed E-state index contributed by atoms with van der Waals surface area (Å²) in [6, 6.07) is 0. The molecule has 0 atom stereocenters. The van der Waals surface area contributed by atoms with E-state index in [-0.39, 0.29) is 0 Å². The Morgan fingerprint density at radius 3 is 2.37 bits per heavy atom. The normalized spacial score (nSPS) is 12.7. The first-order valence-corrected chi connectivity index (χ1v) is 7.43. The monoisotopic (exact) mass is 273 g/mol. The molecule has 0 aliphatic carbocycles. The van der Waals surface area contributed by atoms with Crippen LogP contribution in [0.15, 0.2) is 53.1 Å². The fourth-order valence-corrected chi connectivity index (χ4v) is 2.36. The summed E-state index contributed by atoms with van der Waals surface area (Å²) < 4.78 is 0. The highest BCUT2D eigenvalue weighted by Crippen LogP contribution is 2.30. The van der Waals surface area contributed by atoms with E-state index in [1.165, 1.54) is 16.7 Å². The molecule has 1 aromatic rings. The largest absolute Gasteiger partial charge is 0.245 e. The van der Waals surface area contributed by atoms with Crippen molar-refractivity contribution in [2.75, 3.05) is 0 Å². The van der Waals surface area contributed by atoms with Gasteiger partial charge in [-0.2, -0.15) is 0 Å². The van der Waals surface area contributed by atoms with Crippen LogP contribution >= 0.6 is 11.3 Å². The minimum Gasteiger partial charge on any atom is -0.245 e. The van der Waals surface area contributed by atoms with Gasteiger partial charge in [0.2, 0.25) is 0 Å². The van der Waals surface area contributed by atoms with Crippen molar-refractivity contribution in [1.82, 2.24) is 4.98 Å². The van der Waals surface area contributed by atoms with Crippen LogP contribution in [0.3, 0.4) is 0 Å². The first-order valence-electron chi connectivity index (χ1n) is 6.55. The second kappa shape index (κ2) is 7.25. The van der Waals surface area contributed by atoms with Crippen LogP contribution in [-0.4, -0.2) is 4.98 Å². The predicted molar refractivity (Wildman–Crippen MR) is 87.3 cm³/mol. The lowest BCUT2D eigenvalue weighted by Gasteiger charge is -2.11. The molecule has 0 aromatic carbocycles. The molecule has 0 spiro atoms. The van der Waals surface area contributed by atoms with Crippen molar-refractivity contribution in [3.8, 4) is 0 Å². The lowest BCUT2D eigenvalue weighted by atomic mass is 9.96. The lowest BCUT2D eigenvalue weighted by Crippen LogP contribution is -1.94. The van der Waals surface area contributed by atoms with Gasteiger partial charge in [0.25, 0.3) is 0 Å². The highest BCUT2D eigenvalue weighted by atomic mass is 32.1. The van der Waals surface area contributed by atoms with Gasteiger partial charge in [-0.25, -0.2) is 4.98 Å². The highest BCUT2D eigenvalue weighted by molar-refractivity contribution is 7.10. The van der Waals surface area contributed by atoms with Crippen molar-refractivity contribution in [2.45, 2.75) is 34.6 Å². The molecule has 0 radical (unpaired) electrons. The van der Waals surface area contributed by atoms with Gasteiger partial charge in [0.05, 0.1) is 0 Å². The molecule has 102 valence electrons. The zero-order valence-electron chi connectivity index (χ0n) is 12.5. The van der Waals surface area contributed by atoms with Crippen LogP contribution < -0.4 is 0 Å². The van der Waals surface area contributed by atoms with Gasteiger partial charge in [0.15, 0.2) is 0 Å². The van der Waals surface area contributed by atoms with E-state index in [4.69, 9.17) is 0 Å². The standard InChI is InChI=1S/C17H23NS/c1-12(2)7-8-15(14(5)6)16(11-13(3)4)17-18-9-10-19-17/h7-11,13H,5H2,1-4,6H3/b15-8+,16-11+. The van der Waals surface area contributed by atoms with Crippen molar-refractivity contribution < 1.29 is 0 Å². The summed E-state index contributed by atoms with van der Waals surface area (Å²) in [5.74, 6) is 0.480. The molecule has 0 N–H and O–H groups in total. The van der Waals surface area contributed by atoms with Gasteiger partial charge in [-0.05, 0) is 32.3 Å². The molecule has 0 saturated carbocycles. The number of allylic oxidation sites excluding steroid dienone is 7. The van der Waals surface area contributed by atoms with E-state index in [1.54, 1.807) is 11.3 Å². The van der Waals surface area contributed by atoms with E-state index < -0.39 is 0 Å². The zero-order valence-corrected chi connectivity index (χ0v) is 13.3. The second-order valence-electron chi connectivity index (χ2n) is 5.27. The van der Waals surface area contributed by atoms with Crippen LogP contribution in [0.25, 0.3) is 5.57 Å².